The van der Waals surface area contributed by atoms with E-state index < -0.39 is 5.54 Å². The van der Waals surface area contributed by atoms with Crippen LogP contribution in [-0.4, -0.2) is 119 Å². The van der Waals surface area contributed by atoms with Gasteiger partial charge in [-0.25, -0.2) is 5.48 Å². The Labute approximate surface area is 303 Å². The van der Waals surface area contributed by atoms with Gasteiger partial charge in [-0.3, -0.25) is 29.2 Å². The van der Waals surface area contributed by atoms with Crippen molar-refractivity contribution in [3.05, 3.63) is 0 Å². The maximum atomic E-state index is 13.3. The van der Waals surface area contributed by atoms with Crippen LogP contribution in [0.4, 0.5) is 0 Å². The predicted molar refractivity (Wildman–Crippen MR) is 193 cm³/mol. The van der Waals surface area contributed by atoms with Crippen molar-refractivity contribution in [2.45, 2.75) is 108 Å². The fraction of sp³-hybridized carbons (Fsp3) is 0.853. The quantitative estimate of drug-likeness (QED) is 0.0232. The van der Waals surface area contributed by atoms with Crippen molar-refractivity contribution in [1.82, 2.24) is 26.7 Å². The molecule has 0 aromatic rings. The first-order chi connectivity index (χ1) is 24.7. The number of hydrogen-bond acceptors (Lipinski definition) is 12. The number of rotatable bonds is 36. The fourth-order valence-electron chi connectivity index (χ4n) is 4.83. The molecule has 5 amide bonds. The molecule has 0 saturated carbocycles. The molecule has 0 aliphatic heterocycles. The zero-order chi connectivity index (χ0) is 37.8. The molecule has 17 nitrogen and oxygen atoms in total. The van der Waals surface area contributed by atoms with E-state index in [1.165, 1.54) is 0 Å². The Balaban J connectivity index is 5.26. The maximum Gasteiger partial charge on any atom is 0.243 e. The number of hydrogen-bond donors (Lipinski definition) is 9. The molecule has 0 fully saturated rings. The molecule has 0 spiro atoms. The first-order valence-electron chi connectivity index (χ1n) is 18.6. The van der Waals surface area contributed by atoms with Crippen LogP contribution < -0.4 is 43.9 Å². The van der Waals surface area contributed by atoms with Crippen molar-refractivity contribution in [1.29, 1.82) is 0 Å². The average Bonchev–Trinajstić information content (AvgIpc) is 3.11. The highest BCUT2D eigenvalue weighted by Gasteiger charge is 2.34. The summed E-state index contributed by atoms with van der Waals surface area (Å²) in [6.07, 6.45) is 10.1. The number of hydroxylamine groups is 1. The lowest BCUT2D eigenvalue weighted by Gasteiger charge is -2.34. The average molecular weight is 733 g/mol. The van der Waals surface area contributed by atoms with Crippen molar-refractivity contribution >= 4 is 29.5 Å². The maximum absolute atomic E-state index is 13.3. The van der Waals surface area contributed by atoms with Gasteiger partial charge in [0.2, 0.25) is 29.5 Å². The molecule has 0 aliphatic carbocycles. The van der Waals surface area contributed by atoms with Gasteiger partial charge >= 0.3 is 0 Å². The lowest BCUT2D eigenvalue weighted by Crippen LogP contribution is -2.58. The van der Waals surface area contributed by atoms with Crippen molar-refractivity contribution in [2.24, 2.45) is 17.2 Å². The van der Waals surface area contributed by atoms with E-state index in [1.54, 1.807) is 5.48 Å². The molecule has 0 bridgehead atoms. The van der Waals surface area contributed by atoms with Crippen LogP contribution in [0.2, 0.25) is 0 Å². The van der Waals surface area contributed by atoms with Crippen LogP contribution in [0, 0.1) is 0 Å². The lowest BCUT2D eigenvalue weighted by molar-refractivity contribution is -0.130. The van der Waals surface area contributed by atoms with Gasteiger partial charge in [0.25, 0.3) is 0 Å². The second kappa shape index (κ2) is 34.2. The van der Waals surface area contributed by atoms with Gasteiger partial charge in [-0.15, -0.1) is 0 Å². The van der Waals surface area contributed by atoms with Crippen LogP contribution >= 0.6 is 0 Å². The first-order valence-corrected chi connectivity index (χ1v) is 18.6. The van der Waals surface area contributed by atoms with E-state index in [2.05, 4.69) is 21.3 Å². The molecule has 0 aliphatic rings. The van der Waals surface area contributed by atoms with Gasteiger partial charge in [0, 0.05) is 51.7 Å². The van der Waals surface area contributed by atoms with E-state index >= 15 is 0 Å². The van der Waals surface area contributed by atoms with Crippen LogP contribution in [-0.2, 0) is 38.2 Å². The van der Waals surface area contributed by atoms with Crippen molar-refractivity contribution in [3.63, 3.8) is 0 Å². The van der Waals surface area contributed by atoms with Gasteiger partial charge in [0.1, 0.15) is 5.54 Å². The molecule has 0 heterocycles. The largest absolute Gasteiger partial charge is 0.378 e. The van der Waals surface area contributed by atoms with Gasteiger partial charge in [0.05, 0.1) is 39.6 Å². The first kappa shape index (κ1) is 48.1. The van der Waals surface area contributed by atoms with Crippen molar-refractivity contribution in [2.75, 3.05) is 78.9 Å². The topological polar surface area (TPSA) is 271 Å². The summed E-state index contributed by atoms with van der Waals surface area (Å²) < 4.78 is 17.7. The van der Waals surface area contributed by atoms with Gasteiger partial charge in [-0.2, -0.15) is 0 Å². The number of nitrogens with two attached hydrogens (primary N) is 3. The Morgan fingerprint density at radius 3 is 1.12 bits per heavy atom. The Bertz CT molecular complexity index is 856. The van der Waals surface area contributed by atoms with E-state index in [1.807, 2.05) is 0 Å². The van der Waals surface area contributed by atoms with Crippen LogP contribution in [0.3, 0.4) is 0 Å². The van der Waals surface area contributed by atoms with E-state index in [0.29, 0.717) is 71.4 Å². The second-order valence-electron chi connectivity index (χ2n) is 12.6. The second-order valence-corrected chi connectivity index (χ2v) is 12.6. The number of unbranched alkanes of at least 4 members (excludes halogenated alkanes) is 7. The summed E-state index contributed by atoms with van der Waals surface area (Å²) in [4.78, 5) is 60.9. The molecule has 17 heteroatoms. The van der Waals surface area contributed by atoms with Crippen molar-refractivity contribution in [3.8, 4) is 0 Å². The smallest absolute Gasteiger partial charge is 0.243 e. The molecule has 298 valence electrons. The van der Waals surface area contributed by atoms with Crippen LogP contribution in [0.15, 0.2) is 0 Å². The third-order valence-electron chi connectivity index (χ3n) is 7.75. The molecule has 12 N–H and O–H groups in total. The summed E-state index contributed by atoms with van der Waals surface area (Å²) in [6, 6.07) is 0. The number of ether oxygens (including phenoxy) is 3. The third-order valence-corrected chi connectivity index (χ3v) is 7.75. The SMILES string of the molecule is NCCCNC(=O)CCOCC(COCCC(=O)NCCCN)(COCCC(=O)NCCCN)NC(=O)CCCCCCCCCCC(=O)NO. The van der Waals surface area contributed by atoms with Crippen molar-refractivity contribution < 1.29 is 43.4 Å². The molecule has 0 radical (unpaired) electrons. The molecular formula is C34H68N8O9. The minimum absolute atomic E-state index is 0.0276. The highest BCUT2D eigenvalue weighted by atomic mass is 16.5. The van der Waals surface area contributed by atoms with Gasteiger partial charge in [-0.1, -0.05) is 38.5 Å². The minimum Gasteiger partial charge on any atom is -0.378 e. The molecule has 0 unspecified atom stereocenters. The fourth-order valence-corrected chi connectivity index (χ4v) is 4.83. The van der Waals surface area contributed by atoms with E-state index in [-0.39, 0.29) is 94.9 Å². The summed E-state index contributed by atoms with van der Waals surface area (Å²) in [5.41, 5.74) is 17.0. The molecule has 0 aromatic heterocycles. The number of carbonyl (C=O) groups excluding carboxylic acids is 5. The van der Waals surface area contributed by atoms with Gasteiger partial charge < -0.3 is 52.7 Å². The summed E-state index contributed by atoms with van der Waals surface area (Å²) in [7, 11) is 0. The third kappa shape index (κ3) is 30.4. The highest BCUT2D eigenvalue weighted by Crippen LogP contribution is 2.14. The standard InChI is InChI=1S/C34H68N8O9/c35-17-9-20-38-29(43)14-23-49-26-34(27-50-24-15-30(44)39-21-10-18-36,28-51-25-16-31(45)40-22-11-19-37)41-32(46)12-7-5-3-1-2-4-6-8-13-33(47)42-48/h48H,1-28,35-37H2,(H,38,43)(H,39,44)(H,40,45)(H,41,46)(H,42,47). The highest BCUT2D eigenvalue weighted by molar-refractivity contribution is 5.77. The Morgan fingerprint density at radius 1 is 0.451 bits per heavy atom. The van der Waals surface area contributed by atoms with Gasteiger partial charge in [0.15, 0.2) is 0 Å². The molecular weight excluding hydrogens is 664 g/mol. The minimum atomic E-state index is -1.15. The molecule has 0 atom stereocenters. The lowest BCUT2D eigenvalue weighted by atomic mass is 10.0. The molecule has 51 heavy (non-hydrogen) atoms. The summed E-state index contributed by atoms with van der Waals surface area (Å²) in [6.45, 7) is 3.03. The number of amides is 5. The summed E-state index contributed by atoms with van der Waals surface area (Å²) in [5.74, 6) is -1.12. The molecule has 0 aromatic carbocycles. The zero-order valence-electron chi connectivity index (χ0n) is 30.7. The number of carbonyl (C=O) groups is 5. The van der Waals surface area contributed by atoms with E-state index in [4.69, 9.17) is 36.6 Å². The number of nitrogens with one attached hydrogen (secondary N) is 5. The predicted octanol–water partition coefficient (Wildman–Crippen LogP) is -0.137. The monoisotopic (exact) mass is 733 g/mol. The van der Waals surface area contributed by atoms with E-state index in [9.17, 15) is 24.0 Å². The van der Waals surface area contributed by atoms with Crippen LogP contribution in [0.5, 0.6) is 0 Å². The Kier molecular flexibility index (Phi) is 32.2. The Morgan fingerprint density at radius 2 is 0.784 bits per heavy atom. The summed E-state index contributed by atoms with van der Waals surface area (Å²) >= 11 is 0. The normalized spacial score (nSPS) is 11.2. The summed E-state index contributed by atoms with van der Waals surface area (Å²) in [5, 5.41) is 19.9. The molecule has 0 saturated heterocycles. The van der Waals surface area contributed by atoms with Crippen LogP contribution in [0.25, 0.3) is 0 Å². The van der Waals surface area contributed by atoms with Gasteiger partial charge in [-0.05, 0) is 51.7 Å². The zero-order valence-corrected chi connectivity index (χ0v) is 30.7. The Hall–Kier alpha value is -2.93. The van der Waals surface area contributed by atoms with Crippen LogP contribution in [0.1, 0.15) is 103 Å². The molecule has 0 rings (SSSR count). The van der Waals surface area contributed by atoms with E-state index in [0.717, 1.165) is 44.9 Å².